The van der Waals surface area contributed by atoms with Crippen molar-refractivity contribution in [2.45, 2.75) is 39.5 Å². The molecule has 3 heterocycles. The number of nitrogens with zero attached hydrogens (tertiary/aromatic N) is 2. The van der Waals surface area contributed by atoms with Crippen molar-refractivity contribution in [1.29, 1.82) is 0 Å². The molecule has 214 valence electrons. The van der Waals surface area contributed by atoms with Crippen LogP contribution in [0.3, 0.4) is 0 Å². The number of carboxylic acid groups (broad SMARTS) is 1. The summed E-state index contributed by atoms with van der Waals surface area (Å²) in [7, 11) is 1.60. The first-order valence-electron chi connectivity index (χ1n) is 13.5. The molecule has 0 aliphatic heterocycles. The normalized spacial score (nSPS) is 11.7. The minimum absolute atomic E-state index is 0.186. The van der Waals surface area contributed by atoms with Crippen LogP contribution in [0.2, 0.25) is 0 Å². The number of oxazole rings is 1. The SMILES string of the molecule is COc1ccc(Cn2c3ccccc3c3c(OC(C)(C)C(=O)O)cccc32)cc1OCc1nc(-c2ccco2)oc1C. The fourth-order valence-electron chi connectivity index (χ4n) is 4.97. The topological polar surface area (TPSA) is 109 Å². The molecular weight excluding hydrogens is 536 g/mol. The fourth-order valence-corrected chi connectivity index (χ4v) is 4.97. The predicted octanol–water partition coefficient (Wildman–Crippen LogP) is 7.23. The number of carbonyl (C=O) groups is 1. The number of fused-ring (bicyclic) bond motifs is 3. The molecule has 0 aliphatic carbocycles. The van der Waals surface area contributed by atoms with Gasteiger partial charge in [-0.15, -0.1) is 0 Å². The first kappa shape index (κ1) is 27.0. The Labute approximate surface area is 241 Å². The molecule has 0 unspecified atom stereocenters. The summed E-state index contributed by atoms with van der Waals surface area (Å²) in [6, 6.07) is 23.1. The van der Waals surface area contributed by atoms with E-state index in [1.54, 1.807) is 39.4 Å². The third kappa shape index (κ3) is 4.94. The molecule has 0 radical (unpaired) electrons. The van der Waals surface area contributed by atoms with Gasteiger partial charge in [0.25, 0.3) is 5.89 Å². The number of furan rings is 1. The van der Waals surface area contributed by atoms with Crippen LogP contribution in [0.5, 0.6) is 17.2 Å². The van der Waals surface area contributed by atoms with E-state index in [1.807, 2.05) is 67.6 Å². The number of aliphatic carboxylic acids is 1. The van der Waals surface area contributed by atoms with E-state index in [0.717, 1.165) is 27.4 Å². The van der Waals surface area contributed by atoms with Gasteiger partial charge in [0.1, 0.15) is 23.8 Å². The average molecular weight is 567 g/mol. The van der Waals surface area contributed by atoms with Crippen LogP contribution in [-0.4, -0.2) is 33.3 Å². The lowest BCUT2D eigenvalue weighted by atomic mass is 10.1. The Kier molecular flexibility index (Phi) is 6.86. The maximum Gasteiger partial charge on any atom is 0.347 e. The van der Waals surface area contributed by atoms with Crippen LogP contribution >= 0.6 is 0 Å². The van der Waals surface area contributed by atoms with Gasteiger partial charge in [-0.1, -0.05) is 30.3 Å². The minimum Gasteiger partial charge on any atom is -0.493 e. The van der Waals surface area contributed by atoms with Crippen molar-refractivity contribution in [3.63, 3.8) is 0 Å². The Morgan fingerprint density at radius 1 is 0.976 bits per heavy atom. The molecule has 0 spiro atoms. The van der Waals surface area contributed by atoms with E-state index in [9.17, 15) is 9.90 Å². The Hall–Kier alpha value is -5.18. The molecule has 9 heteroatoms. The van der Waals surface area contributed by atoms with E-state index in [-0.39, 0.29) is 6.61 Å². The molecule has 0 saturated heterocycles. The van der Waals surface area contributed by atoms with Gasteiger partial charge in [-0.05, 0) is 68.8 Å². The molecule has 0 fully saturated rings. The number of carboxylic acids is 1. The van der Waals surface area contributed by atoms with Crippen LogP contribution in [0.25, 0.3) is 33.5 Å². The van der Waals surface area contributed by atoms with Crippen molar-refractivity contribution in [1.82, 2.24) is 9.55 Å². The summed E-state index contributed by atoms with van der Waals surface area (Å²) in [4.78, 5) is 16.3. The van der Waals surface area contributed by atoms with E-state index >= 15 is 0 Å². The quantitative estimate of drug-likeness (QED) is 0.185. The van der Waals surface area contributed by atoms with Crippen LogP contribution < -0.4 is 14.2 Å². The summed E-state index contributed by atoms with van der Waals surface area (Å²) >= 11 is 0. The number of aryl methyl sites for hydroxylation is 1. The smallest absolute Gasteiger partial charge is 0.347 e. The number of rotatable bonds is 10. The van der Waals surface area contributed by atoms with Crippen LogP contribution in [0.4, 0.5) is 0 Å². The summed E-state index contributed by atoms with van der Waals surface area (Å²) in [5, 5.41) is 11.5. The first-order chi connectivity index (χ1) is 20.2. The first-order valence-corrected chi connectivity index (χ1v) is 13.5. The van der Waals surface area contributed by atoms with Gasteiger partial charge in [-0.3, -0.25) is 0 Å². The van der Waals surface area contributed by atoms with E-state index < -0.39 is 11.6 Å². The molecule has 3 aromatic heterocycles. The van der Waals surface area contributed by atoms with Crippen molar-refractivity contribution >= 4 is 27.8 Å². The number of para-hydroxylation sites is 1. The largest absolute Gasteiger partial charge is 0.493 e. The molecule has 3 aromatic carbocycles. The second-order valence-electron chi connectivity index (χ2n) is 10.4. The van der Waals surface area contributed by atoms with Crippen molar-refractivity contribution in [3.05, 3.63) is 96.1 Å². The number of benzene rings is 3. The van der Waals surface area contributed by atoms with Gasteiger partial charge in [0.2, 0.25) is 0 Å². The van der Waals surface area contributed by atoms with Crippen LogP contribution in [-0.2, 0) is 17.9 Å². The Bertz CT molecular complexity index is 1900. The number of hydrogen-bond donors (Lipinski definition) is 1. The summed E-state index contributed by atoms with van der Waals surface area (Å²) in [6.45, 7) is 5.64. The number of methoxy groups -OCH3 is 1. The van der Waals surface area contributed by atoms with E-state index in [1.165, 1.54) is 0 Å². The molecule has 6 rings (SSSR count). The Balaban J connectivity index is 1.33. The van der Waals surface area contributed by atoms with Gasteiger partial charge in [0.05, 0.1) is 18.9 Å². The van der Waals surface area contributed by atoms with Crippen LogP contribution in [0.1, 0.15) is 30.9 Å². The summed E-state index contributed by atoms with van der Waals surface area (Å²) < 4.78 is 31.2. The van der Waals surface area contributed by atoms with Gasteiger partial charge in [-0.25, -0.2) is 9.78 Å². The zero-order valence-electron chi connectivity index (χ0n) is 23.7. The molecule has 0 amide bonds. The lowest BCUT2D eigenvalue weighted by Gasteiger charge is -2.22. The van der Waals surface area contributed by atoms with Gasteiger partial charge in [-0.2, -0.15) is 0 Å². The Morgan fingerprint density at radius 3 is 2.55 bits per heavy atom. The molecule has 0 aliphatic rings. The lowest BCUT2D eigenvalue weighted by Crippen LogP contribution is -2.37. The predicted molar refractivity (Wildman–Crippen MR) is 157 cm³/mol. The molecule has 0 atom stereocenters. The molecule has 0 bridgehead atoms. The minimum atomic E-state index is -1.39. The van der Waals surface area contributed by atoms with Crippen molar-refractivity contribution in [3.8, 4) is 28.9 Å². The zero-order valence-corrected chi connectivity index (χ0v) is 23.7. The maximum atomic E-state index is 11.8. The van der Waals surface area contributed by atoms with Gasteiger partial charge >= 0.3 is 5.97 Å². The van der Waals surface area contributed by atoms with Crippen molar-refractivity contribution < 1.29 is 32.9 Å². The highest BCUT2D eigenvalue weighted by Crippen LogP contribution is 2.38. The molecule has 9 nitrogen and oxygen atoms in total. The fraction of sp³-hybridized carbons (Fsp3) is 0.212. The van der Waals surface area contributed by atoms with E-state index in [4.69, 9.17) is 23.0 Å². The van der Waals surface area contributed by atoms with E-state index in [0.29, 0.717) is 46.9 Å². The summed E-state index contributed by atoms with van der Waals surface area (Å²) in [5.74, 6) is 2.25. The maximum absolute atomic E-state index is 11.8. The van der Waals surface area contributed by atoms with Crippen LogP contribution in [0, 0.1) is 6.92 Å². The number of aromatic nitrogens is 2. The third-order valence-electron chi connectivity index (χ3n) is 7.20. The van der Waals surface area contributed by atoms with E-state index in [2.05, 4.69) is 9.55 Å². The Morgan fingerprint density at radius 2 is 1.79 bits per heavy atom. The molecular formula is C33H30N2O7. The van der Waals surface area contributed by atoms with Gasteiger partial charge < -0.3 is 32.7 Å². The highest BCUT2D eigenvalue weighted by molar-refractivity contribution is 6.11. The van der Waals surface area contributed by atoms with Gasteiger partial charge in [0, 0.05) is 22.8 Å². The molecule has 42 heavy (non-hydrogen) atoms. The van der Waals surface area contributed by atoms with Crippen molar-refractivity contribution in [2.24, 2.45) is 0 Å². The number of hydrogen-bond acceptors (Lipinski definition) is 7. The van der Waals surface area contributed by atoms with Crippen LogP contribution in [0.15, 0.2) is 87.9 Å². The number of ether oxygens (including phenoxy) is 3. The highest BCUT2D eigenvalue weighted by atomic mass is 16.5. The zero-order chi connectivity index (χ0) is 29.4. The monoisotopic (exact) mass is 566 g/mol. The standard InChI is InChI=1S/C33H30N2O7/c1-20-23(34-31(41-20)28-13-8-16-39-28)19-40-29-17-21(14-15-26(29)38-4)18-35-24-10-6-5-9-22(24)30-25(35)11-7-12-27(30)42-33(2,3)32(36)37/h5-17H,18-19H2,1-4H3,(H,36,37). The summed E-state index contributed by atoms with van der Waals surface area (Å²) in [5.41, 5.74) is 2.18. The third-order valence-corrected chi connectivity index (χ3v) is 7.20. The van der Waals surface area contributed by atoms with Crippen molar-refractivity contribution in [2.75, 3.05) is 7.11 Å². The molecule has 1 N–H and O–H groups in total. The lowest BCUT2D eigenvalue weighted by molar-refractivity contribution is -0.152. The second-order valence-corrected chi connectivity index (χ2v) is 10.4. The average Bonchev–Trinajstić information content (AvgIpc) is 3.71. The summed E-state index contributed by atoms with van der Waals surface area (Å²) in [6.07, 6.45) is 1.57. The van der Waals surface area contributed by atoms with Gasteiger partial charge in [0.15, 0.2) is 22.9 Å². The highest BCUT2D eigenvalue weighted by Gasteiger charge is 2.30. The molecule has 0 saturated carbocycles. The second kappa shape index (κ2) is 10.7. The molecule has 6 aromatic rings.